The molecule has 0 aliphatic rings. The largest absolute Gasteiger partial charge is 0.363 e. The molecule has 29 heavy (non-hydrogen) atoms. The number of carbonyl (C=O) groups is 1. The third-order valence-corrected chi connectivity index (χ3v) is 5.50. The summed E-state index contributed by atoms with van der Waals surface area (Å²) in [6, 6.07) is 19.9. The number of amides is 1. The monoisotopic (exact) mass is 406 g/mol. The average Bonchev–Trinajstić information content (AvgIpc) is 2.77. The Morgan fingerprint density at radius 1 is 0.966 bits per heavy atom. The Morgan fingerprint density at radius 2 is 1.72 bits per heavy atom. The van der Waals surface area contributed by atoms with Crippen LogP contribution in [0.1, 0.15) is 22.8 Å². The molecule has 0 radical (unpaired) electrons. The predicted octanol–water partition coefficient (Wildman–Crippen LogP) is 4.59. The molecular formula is C23H26N4OS. The van der Waals surface area contributed by atoms with E-state index in [4.69, 9.17) is 4.98 Å². The zero-order valence-corrected chi connectivity index (χ0v) is 18.1. The predicted molar refractivity (Wildman–Crippen MR) is 120 cm³/mol. The van der Waals surface area contributed by atoms with Crippen molar-refractivity contribution in [2.45, 2.75) is 17.8 Å². The second-order valence-corrected chi connectivity index (χ2v) is 7.91. The molecule has 0 atom stereocenters. The van der Waals surface area contributed by atoms with E-state index in [0.717, 1.165) is 27.8 Å². The lowest BCUT2D eigenvalue weighted by atomic mass is 10.1. The first-order valence-electron chi connectivity index (χ1n) is 9.57. The van der Waals surface area contributed by atoms with Crippen molar-refractivity contribution < 1.29 is 4.79 Å². The Labute approximate surface area is 176 Å². The minimum absolute atomic E-state index is 0.0385. The van der Waals surface area contributed by atoms with Crippen molar-refractivity contribution >= 4 is 23.5 Å². The summed E-state index contributed by atoms with van der Waals surface area (Å²) in [4.78, 5) is 25.5. The van der Waals surface area contributed by atoms with Crippen LogP contribution in [-0.4, -0.2) is 48.5 Å². The number of carbonyl (C=O) groups excluding carboxylic acids is 1. The molecule has 1 amide bonds. The van der Waals surface area contributed by atoms with E-state index in [1.54, 1.807) is 16.7 Å². The lowest BCUT2D eigenvalue weighted by molar-refractivity contribution is 0.0802. The van der Waals surface area contributed by atoms with Crippen LogP contribution in [0.4, 0.5) is 5.82 Å². The Balaban J connectivity index is 1.82. The second kappa shape index (κ2) is 9.56. The van der Waals surface area contributed by atoms with Gasteiger partial charge in [-0.3, -0.25) is 4.79 Å². The summed E-state index contributed by atoms with van der Waals surface area (Å²) in [6.45, 7) is 2.66. The molecule has 5 nitrogen and oxygen atoms in total. The lowest BCUT2D eigenvalue weighted by Gasteiger charge is -2.15. The SMILES string of the molecule is CCN(C)C(=O)c1cccc(CSc2nc(-c3ccccc3)cc(N(C)C)n2)c1. The maximum Gasteiger partial charge on any atom is 0.253 e. The summed E-state index contributed by atoms with van der Waals surface area (Å²) in [6.07, 6.45) is 0. The molecular weight excluding hydrogens is 380 g/mol. The number of aromatic nitrogens is 2. The van der Waals surface area contributed by atoms with Crippen LogP contribution in [0.25, 0.3) is 11.3 Å². The molecule has 0 N–H and O–H groups in total. The van der Waals surface area contributed by atoms with Gasteiger partial charge in [-0.25, -0.2) is 9.97 Å². The highest BCUT2D eigenvalue weighted by Gasteiger charge is 2.12. The van der Waals surface area contributed by atoms with E-state index in [0.29, 0.717) is 17.9 Å². The molecule has 0 bridgehead atoms. The first kappa shape index (κ1) is 20.9. The van der Waals surface area contributed by atoms with Gasteiger partial charge in [0, 0.05) is 50.6 Å². The molecule has 3 rings (SSSR count). The molecule has 3 aromatic rings. The minimum Gasteiger partial charge on any atom is -0.363 e. The van der Waals surface area contributed by atoms with Gasteiger partial charge >= 0.3 is 0 Å². The van der Waals surface area contributed by atoms with Gasteiger partial charge < -0.3 is 9.80 Å². The van der Waals surface area contributed by atoms with Gasteiger partial charge in [-0.15, -0.1) is 0 Å². The highest BCUT2D eigenvalue weighted by molar-refractivity contribution is 7.98. The average molecular weight is 407 g/mol. The third-order valence-electron chi connectivity index (χ3n) is 4.58. The number of nitrogens with zero attached hydrogens (tertiary/aromatic N) is 4. The molecule has 1 aromatic heterocycles. The van der Waals surface area contributed by atoms with Gasteiger partial charge in [-0.2, -0.15) is 0 Å². The molecule has 0 aliphatic carbocycles. The lowest BCUT2D eigenvalue weighted by Crippen LogP contribution is -2.26. The molecule has 0 spiro atoms. The molecule has 2 aromatic carbocycles. The Hall–Kier alpha value is -2.86. The minimum atomic E-state index is 0.0385. The van der Waals surface area contributed by atoms with Crippen LogP contribution < -0.4 is 4.90 Å². The van der Waals surface area contributed by atoms with Crippen LogP contribution >= 0.6 is 11.8 Å². The number of rotatable bonds is 7. The summed E-state index contributed by atoms with van der Waals surface area (Å²) >= 11 is 1.57. The highest BCUT2D eigenvalue weighted by Crippen LogP contribution is 2.27. The van der Waals surface area contributed by atoms with Crippen molar-refractivity contribution in [2.75, 3.05) is 32.6 Å². The van der Waals surface area contributed by atoms with Gasteiger partial charge in [0.25, 0.3) is 5.91 Å². The van der Waals surface area contributed by atoms with Crippen molar-refractivity contribution in [1.29, 1.82) is 0 Å². The van der Waals surface area contributed by atoms with E-state index < -0.39 is 0 Å². The number of hydrogen-bond donors (Lipinski definition) is 0. The van der Waals surface area contributed by atoms with Gasteiger partial charge in [-0.1, -0.05) is 54.2 Å². The van der Waals surface area contributed by atoms with E-state index in [2.05, 4.69) is 17.1 Å². The zero-order valence-electron chi connectivity index (χ0n) is 17.3. The maximum absolute atomic E-state index is 12.4. The van der Waals surface area contributed by atoms with E-state index in [1.807, 2.05) is 81.5 Å². The fraction of sp³-hybridized carbons (Fsp3) is 0.261. The smallest absolute Gasteiger partial charge is 0.253 e. The van der Waals surface area contributed by atoms with Crippen LogP contribution in [0.5, 0.6) is 0 Å². The molecule has 0 saturated carbocycles. The van der Waals surface area contributed by atoms with Gasteiger partial charge in [0.05, 0.1) is 5.69 Å². The van der Waals surface area contributed by atoms with Gasteiger partial charge in [-0.05, 0) is 24.6 Å². The Morgan fingerprint density at radius 3 is 2.41 bits per heavy atom. The number of hydrogen-bond acceptors (Lipinski definition) is 5. The molecule has 6 heteroatoms. The first-order chi connectivity index (χ1) is 14.0. The van der Waals surface area contributed by atoms with Gasteiger partial charge in [0.2, 0.25) is 0 Å². The van der Waals surface area contributed by atoms with Crippen molar-refractivity contribution in [1.82, 2.24) is 14.9 Å². The third kappa shape index (κ3) is 5.35. The van der Waals surface area contributed by atoms with Gasteiger partial charge in [0.1, 0.15) is 5.82 Å². The molecule has 0 aliphatic heterocycles. The van der Waals surface area contributed by atoms with Crippen molar-refractivity contribution in [3.63, 3.8) is 0 Å². The van der Waals surface area contributed by atoms with Crippen molar-refractivity contribution in [3.05, 3.63) is 71.8 Å². The second-order valence-electron chi connectivity index (χ2n) is 6.96. The molecule has 150 valence electrons. The molecule has 0 saturated heterocycles. The Bertz CT molecular complexity index is 976. The van der Waals surface area contributed by atoms with Crippen molar-refractivity contribution in [3.8, 4) is 11.3 Å². The van der Waals surface area contributed by atoms with E-state index >= 15 is 0 Å². The topological polar surface area (TPSA) is 49.3 Å². The Kier molecular flexibility index (Phi) is 6.88. The fourth-order valence-electron chi connectivity index (χ4n) is 2.77. The molecule has 0 fully saturated rings. The van der Waals surface area contributed by atoms with E-state index in [9.17, 15) is 4.79 Å². The van der Waals surface area contributed by atoms with Gasteiger partial charge in [0.15, 0.2) is 5.16 Å². The normalized spacial score (nSPS) is 10.6. The summed E-state index contributed by atoms with van der Waals surface area (Å²) in [5.74, 6) is 1.61. The van der Waals surface area contributed by atoms with Crippen LogP contribution in [0.15, 0.2) is 65.8 Å². The first-order valence-corrected chi connectivity index (χ1v) is 10.6. The highest BCUT2D eigenvalue weighted by atomic mass is 32.2. The van der Waals surface area contributed by atoms with E-state index in [-0.39, 0.29) is 5.91 Å². The maximum atomic E-state index is 12.4. The van der Waals surface area contributed by atoms with Crippen molar-refractivity contribution in [2.24, 2.45) is 0 Å². The fourth-order valence-corrected chi connectivity index (χ4v) is 3.57. The summed E-state index contributed by atoms with van der Waals surface area (Å²) < 4.78 is 0. The number of anilines is 1. The molecule has 0 unspecified atom stereocenters. The summed E-state index contributed by atoms with van der Waals surface area (Å²) in [7, 11) is 5.77. The standard InChI is InChI=1S/C23H26N4OS/c1-5-27(4)22(28)19-13-9-10-17(14-19)16-29-23-24-20(15-21(25-23)26(2)3)18-11-7-6-8-12-18/h6-15H,5,16H2,1-4H3. The number of benzene rings is 2. The summed E-state index contributed by atoms with van der Waals surface area (Å²) in [5.41, 5.74) is 3.75. The summed E-state index contributed by atoms with van der Waals surface area (Å²) in [5, 5.41) is 0.720. The quantitative estimate of drug-likeness (QED) is 0.424. The van der Waals surface area contributed by atoms with Crippen LogP contribution in [-0.2, 0) is 5.75 Å². The van der Waals surface area contributed by atoms with Crippen LogP contribution in [0.2, 0.25) is 0 Å². The molecule has 1 heterocycles. The number of thioether (sulfide) groups is 1. The van der Waals surface area contributed by atoms with Crippen LogP contribution in [0, 0.1) is 0 Å². The van der Waals surface area contributed by atoms with E-state index in [1.165, 1.54) is 0 Å². The van der Waals surface area contributed by atoms with Crippen LogP contribution in [0.3, 0.4) is 0 Å². The zero-order chi connectivity index (χ0) is 20.8.